The molecule has 2 aromatic heterocycles. The second-order valence-corrected chi connectivity index (χ2v) is 6.13. The average molecular weight is 279 g/mol. The van der Waals surface area contributed by atoms with E-state index in [-0.39, 0.29) is 0 Å². The Morgan fingerprint density at radius 2 is 2.16 bits per heavy atom. The third kappa shape index (κ3) is 4.09. The summed E-state index contributed by atoms with van der Waals surface area (Å²) in [5, 5.41) is 15.8. The van der Waals surface area contributed by atoms with Crippen LogP contribution in [0.25, 0.3) is 5.65 Å². The Balaban J connectivity index is 1.77. The first-order chi connectivity index (χ1) is 9.16. The monoisotopic (exact) mass is 279 g/mol. The molecule has 0 bridgehead atoms. The summed E-state index contributed by atoms with van der Waals surface area (Å²) >= 11 is 2.02. The highest BCUT2D eigenvalue weighted by Gasteiger charge is 2.02. The van der Waals surface area contributed by atoms with Crippen LogP contribution in [-0.4, -0.2) is 37.9 Å². The van der Waals surface area contributed by atoms with Crippen molar-refractivity contribution in [3.63, 3.8) is 0 Å². The first-order valence-electron chi connectivity index (χ1n) is 6.67. The standard InChI is InChI=1S/C13H21N5S/c1-10(2)9-19-8-4-7-14-12-5-6-13-16-15-11(3)18(13)17-12/h5-6,10H,4,7-9H2,1-3H3,(H,14,17). The van der Waals surface area contributed by atoms with Gasteiger partial charge in [-0.15, -0.1) is 15.3 Å². The Hall–Kier alpha value is -1.30. The van der Waals surface area contributed by atoms with Crippen molar-refractivity contribution in [1.82, 2.24) is 19.8 Å². The summed E-state index contributed by atoms with van der Waals surface area (Å²) in [6.45, 7) is 7.36. The van der Waals surface area contributed by atoms with Crippen molar-refractivity contribution in [2.75, 3.05) is 23.4 Å². The predicted octanol–water partition coefficient (Wildman–Crippen LogP) is 2.62. The molecule has 19 heavy (non-hydrogen) atoms. The zero-order valence-electron chi connectivity index (χ0n) is 11.8. The lowest BCUT2D eigenvalue weighted by Gasteiger charge is -2.07. The van der Waals surface area contributed by atoms with Gasteiger partial charge in [-0.1, -0.05) is 13.8 Å². The molecule has 0 fully saturated rings. The minimum Gasteiger partial charge on any atom is -0.369 e. The number of aryl methyl sites for hydroxylation is 1. The molecule has 6 heteroatoms. The summed E-state index contributed by atoms with van der Waals surface area (Å²) in [6.07, 6.45) is 1.15. The van der Waals surface area contributed by atoms with E-state index in [2.05, 4.69) is 34.5 Å². The van der Waals surface area contributed by atoms with Gasteiger partial charge in [0.1, 0.15) is 5.82 Å². The molecule has 1 N–H and O–H groups in total. The number of aromatic nitrogens is 4. The lowest BCUT2D eigenvalue weighted by Crippen LogP contribution is -2.07. The molecule has 0 amide bonds. The molecule has 5 nitrogen and oxygen atoms in total. The van der Waals surface area contributed by atoms with Crippen LogP contribution in [0.4, 0.5) is 5.82 Å². The summed E-state index contributed by atoms with van der Waals surface area (Å²) in [5.74, 6) is 4.90. The molecule has 0 aromatic carbocycles. The molecule has 0 atom stereocenters. The van der Waals surface area contributed by atoms with Crippen LogP contribution in [0.1, 0.15) is 26.1 Å². The Bertz CT molecular complexity index is 523. The van der Waals surface area contributed by atoms with Crippen LogP contribution >= 0.6 is 11.8 Å². The molecule has 2 aromatic rings. The van der Waals surface area contributed by atoms with Gasteiger partial charge in [0.05, 0.1) is 0 Å². The molecular formula is C13H21N5S. The quantitative estimate of drug-likeness (QED) is 0.790. The molecule has 0 radical (unpaired) electrons. The van der Waals surface area contributed by atoms with Crippen molar-refractivity contribution in [3.05, 3.63) is 18.0 Å². The topological polar surface area (TPSA) is 55.1 Å². The maximum Gasteiger partial charge on any atom is 0.178 e. The number of rotatable bonds is 7. The SMILES string of the molecule is Cc1nnc2ccc(NCCCSCC(C)C)nn12. The van der Waals surface area contributed by atoms with Crippen molar-refractivity contribution in [1.29, 1.82) is 0 Å². The van der Waals surface area contributed by atoms with E-state index in [0.717, 1.165) is 36.2 Å². The molecule has 0 aliphatic carbocycles. The van der Waals surface area contributed by atoms with Gasteiger partial charge in [0.2, 0.25) is 0 Å². The summed E-state index contributed by atoms with van der Waals surface area (Å²) in [6, 6.07) is 3.88. The third-order valence-corrected chi connectivity index (χ3v) is 4.12. The number of fused-ring (bicyclic) bond motifs is 1. The second-order valence-electron chi connectivity index (χ2n) is 4.98. The van der Waals surface area contributed by atoms with Gasteiger partial charge in [-0.25, -0.2) is 0 Å². The van der Waals surface area contributed by atoms with Crippen LogP contribution in [-0.2, 0) is 0 Å². The highest BCUT2D eigenvalue weighted by atomic mass is 32.2. The van der Waals surface area contributed by atoms with Gasteiger partial charge >= 0.3 is 0 Å². The maximum absolute atomic E-state index is 4.45. The summed E-state index contributed by atoms with van der Waals surface area (Å²) < 4.78 is 1.76. The fourth-order valence-electron chi connectivity index (χ4n) is 1.70. The molecule has 0 saturated carbocycles. The maximum atomic E-state index is 4.45. The Kier molecular flexibility index (Phi) is 5.01. The average Bonchev–Trinajstić information content (AvgIpc) is 2.75. The van der Waals surface area contributed by atoms with Gasteiger partial charge in [-0.05, 0) is 42.9 Å². The molecule has 0 aliphatic rings. The lowest BCUT2D eigenvalue weighted by molar-refractivity contribution is 0.749. The molecular weight excluding hydrogens is 258 g/mol. The fraction of sp³-hybridized carbons (Fsp3) is 0.615. The van der Waals surface area contributed by atoms with E-state index >= 15 is 0 Å². The minimum absolute atomic E-state index is 0.777. The zero-order chi connectivity index (χ0) is 13.7. The molecule has 0 saturated heterocycles. The van der Waals surface area contributed by atoms with E-state index < -0.39 is 0 Å². The highest BCUT2D eigenvalue weighted by molar-refractivity contribution is 7.99. The largest absolute Gasteiger partial charge is 0.369 e. The van der Waals surface area contributed by atoms with Gasteiger partial charge < -0.3 is 5.32 Å². The smallest absolute Gasteiger partial charge is 0.178 e. The van der Waals surface area contributed by atoms with Gasteiger partial charge in [0.25, 0.3) is 0 Å². The number of hydrogen-bond acceptors (Lipinski definition) is 5. The van der Waals surface area contributed by atoms with Gasteiger partial charge in [-0.3, -0.25) is 0 Å². The number of thioether (sulfide) groups is 1. The van der Waals surface area contributed by atoms with Crippen molar-refractivity contribution >= 4 is 23.2 Å². The molecule has 0 unspecified atom stereocenters. The Morgan fingerprint density at radius 1 is 1.32 bits per heavy atom. The minimum atomic E-state index is 0.777. The van der Waals surface area contributed by atoms with Crippen LogP contribution < -0.4 is 5.32 Å². The Labute approximate surface area is 118 Å². The zero-order valence-corrected chi connectivity index (χ0v) is 12.6. The van der Waals surface area contributed by atoms with E-state index in [9.17, 15) is 0 Å². The first kappa shape index (κ1) is 14.1. The van der Waals surface area contributed by atoms with Gasteiger partial charge in [0, 0.05) is 6.54 Å². The lowest BCUT2D eigenvalue weighted by atomic mass is 10.3. The Morgan fingerprint density at radius 3 is 2.95 bits per heavy atom. The van der Waals surface area contributed by atoms with E-state index in [1.165, 1.54) is 11.5 Å². The number of nitrogens with zero attached hydrogens (tertiary/aromatic N) is 4. The second kappa shape index (κ2) is 6.75. The predicted molar refractivity (Wildman–Crippen MR) is 80.8 cm³/mol. The van der Waals surface area contributed by atoms with Crippen LogP contribution in [0.2, 0.25) is 0 Å². The number of nitrogens with one attached hydrogen (secondary N) is 1. The van der Waals surface area contributed by atoms with E-state index in [4.69, 9.17) is 0 Å². The molecule has 104 valence electrons. The first-order valence-corrected chi connectivity index (χ1v) is 7.83. The van der Waals surface area contributed by atoms with E-state index in [0.29, 0.717) is 0 Å². The summed E-state index contributed by atoms with van der Waals surface area (Å²) in [7, 11) is 0. The van der Waals surface area contributed by atoms with Crippen molar-refractivity contribution in [3.8, 4) is 0 Å². The normalized spacial score (nSPS) is 11.4. The van der Waals surface area contributed by atoms with Crippen LogP contribution in [0.3, 0.4) is 0 Å². The van der Waals surface area contributed by atoms with E-state index in [1.54, 1.807) is 4.52 Å². The third-order valence-electron chi connectivity index (χ3n) is 2.64. The van der Waals surface area contributed by atoms with Crippen molar-refractivity contribution in [2.24, 2.45) is 5.92 Å². The van der Waals surface area contributed by atoms with Gasteiger partial charge in [0.15, 0.2) is 11.5 Å². The molecule has 0 spiro atoms. The number of hydrogen-bond donors (Lipinski definition) is 1. The molecule has 2 rings (SSSR count). The van der Waals surface area contributed by atoms with Crippen molar-refractivity contribution < 1.29 is 0 Å². The van der Waals surface area contributed by atoms with Crippen LogP contribution in [0.5, 0.6) is 0 Å². The highest BCUT2D eigenvalue weighted by Crippen LogP contribution is 2.10. The number of anilines is 1. The molecule has 2 heterocycles. The summed E-state index contributed by atoms with van der Waals surface area (Å²) in [4.78, 5) is 0. The van der Waals surface area contributed by atoms with Gasteiger partial charge in [-0.2, -0.15) is 16.3 Å². The van der Waals surface area contributed by atoms with Crippen LogP contribution in [0, 0.1) is 12.8 Å². The fourth-order valence-corrected chi connectivity index (χ4v) is 2.69. The van der Waals surface area contributed by atoms with Crippen molar-refractivity contribution in [2.45, 2.75) is 27.2 Å². The molecule has 0 aliphatic heterocycles. The summed E-state index contributed by atoms with van der Waals surface area (Å²) in [5.41, 5.74) is 0.788. The van der Waals surface area contributed by atoms with Crippen LogP contribution in [0.15, 0.2) is 12.1 Å². The van der Waals surface area contributed by atoms with E-state index in [1.807, 2.05) is 30.8 Å².